The van der Waals surface area contributed by atoms with Crippen molar-refractivity contribution in [1.82, 2.24) is 9.97 Å². The number of nitrogens with zero attached hydrogens (tertiary/aromatic N) is 3. The second-order valence-corrected chi connectivity index (χ2v) is 8.23. The van der Waals surface area contributed by atoms with Crippen LogP contribution in [0.1, 0.15) is 51.2 Å². The predicted molar refractivity (Wildman–Crippen MR) is 120 cm³/mol. The molecule has 0 radical (unpaired) electrons. The molecule has 170 valence electrons. The van der Waals surface area contributed by atoms with Gasteiger partial charge in [0.15, 0.2) is 12.4 Å². The van der Waals surface area contributed by atoms with Crippen LogP contribution in [0, 0.1) is 6.92 Å². The van der Waals surface area contributed by atoms with Crippen molar-refractivity contribution in [3.8, 4) is 0 Å². The molecular weight excluding hydrogens is 448 g/mol. The van der Waals surface area contributed by atoms with Crippen molar-refractivity contribution in [1.29, 1.82) is 0 Å². The first-order valence-corrected chi connectivity index (χ1v) is 11.0. The SMILES string of the molecule is CCOC(=O)c1sc2nc(COC(=O)c3ccc(N4C(=O)CCC4=O)cc3)nc(N)c2c1C. The van der Waals surface area contributed by atoms with E-state index in [0.717, 1.165) is 16.2 Å². The Bertz CT molecular complexity index is 1270. The molecule has 0 spiro atoms. The highest BCUT2D eigenvalue weighted by atomic mass is 32.1. The number of nitrogens with two attached hydrogens (primary N) is 1. The van der Waals surface area contributed by atoms with E-state index in [1.165, 1.54) is 24.3 Å². The first-order chi connectivity index (χ1) is 15.8. The summed E-state index contributed by atoms with van der Waals surface area (Å²) in [5.74, 6) is -1.25. The van der Waals surface area contributed by atoms with Crippen LogP contribution < -0.4 is 10.6 Å². The van der Waals surface area contributed by atoms with E-state index in [4.69, 9.17) is 15.2 Å². The Morgan fingerprint density at radius 1 is 1.06 bits per heavy atom. The quantitative estimate of drug-likeness (QED) is 0.427. The fourth-order valence-corrected chi connectivity index (χ4v) is 4.60. The van der Waals surface area contributed by atoms with Crippen LogP contribution in [0.4, 0.5) is 11.5 Å². The van der Waals surface area contributed by atoms with E-state index < -0.39 is 11.9 Å². The third-order valence-corrected chi connectivity index (χ3v) is 6.24. The number of benzene rings is 1. The van der Waals surface area contributed by atoms with Gasteiger partial charge in [-0.15, -0.1) is 11.3 Å². The number of esters is 2. The fraction of sp³-hybridized carbons (Fsp3) is 0.273. The molecule has 0 atom stereocenters. The summed E-state index contributed by atoms with van der Waals surface area (Å²) in [5, 5.41) is 0.569. The predicted octanol–water partition coefficient (Wildman–Crippen LogP) is 2.77. The highest BCUT2D eigenvalue weighted by Crippen LogP contribution is 2.33. The minimum atomic E-state index is -0.627. The number of aromatic nitrogens is 2. The summed E-state index contributed by atoms with van der Waals surface area (Å²) in [4.78, 5) is 58.8. The van der Waals surface area contributed by atoms with Crippen molar-refractivity contribution in [2.24, 2.45) is 0 Å². The first-order valence-electron chi connectivity index (χ1n) is 10.2. The number of hydrogen-bond acceptors (Lipinski definition) is 10. The standard InChI is InChI=1S/C22H20N4O6S/c1-3-31-22(30)18-11(2)17-19(23)24-14(25-20(17)33-18)10-32-21(29)12-4-6-13(7-5-12)26-15(27)8-9-16(26)28/h4-7H,3,8-10H2,1-2H3,(H2,23,24,25). The molecule has 1 aliphatic heterocycles. The summed E-state index contributed by atoms with van der Waals surface area (Å²) >= 11 is 1.14. The number of hydrogen-bond donors (Lipinski definition) is 1. The van der Waals surface area contributed by atoms with E-state index in [1.807, 2.05) is 0 Å². The molecule has 2 N–H and O–H groups in total. The average Bonchev–Trinajstić information content (AvgIpc) is 3.31. The second kappa shape index (κ2) is 8.94. The van der Waals surface area contributed by atoms with Gasteiger partial charge in [-0.05, 0) is 43.7 Å². The zero-order chi connectivity index (χ0) is 23.7. The van der Waals surface area contributed by atoms with E-state index in [2.05, 4.69) is 9.97 Å². The summed E-state index contributed by atoms with van der Waals surface area (Å²) in [5.41, 5.74) is 7.36. The van der Waals surface area contributed by atoms with Crippen LogP contribution in [0.5, 0.6) is 0 Å². The first kappa shape index (κ1) is 22.3. The van der Waals surface area contributed by atoms with Gasteiger partial charge >= 0.3 is 11.9 Å². The Hall–Kier alpha value is -3.86. The number of thiophene rings is 1. The van der Waals surface area contributed by atoms with E-state index in [9.17, 15) is 19.2 Å². The van der Waals surface area contributed by atoms with E-state index in [0.29, 0.717) is 26.3 Å². The number of anilines is 2. The van der Waals surface area contributed by atoms with Crippen LogP contribution in [0.15, 0.2) is 24.3 Å². The molecule has 0 bridgehead atoms. The molecule has 10 nitrogen and oxygen atoms in total. The number of fused-ring (bicyclic) bond motifs is 1. The van der Waals surface area contributed by atoms with Crippen LogP contribution in [-0.2, 0) is 25.7 Å². The molecule has 1 aliphatic rings. The zero-order valence-electron chi connectivity index (χ0n) is 17.9. The van der Waals surface area contributed by atoms with Crippen molar-refractivity contribution in [2.75, 3.05) is 17.2 Å². The third kappa shape index (κ3) is 4.27. The summed E-state index contributed by atoms with van der Waals surface area (Å²) in [6, 6.07) is 5.99. The lowest BCUT2D eigenvalue weighted by Crippen LogP contribution is -2.28. The van der Waals surface area contributed by atoms with Crippen molar-refractivity contribution in [3.05, 3.63) is 46.1 Å². The Labute approximate surface area is 192 Å². The maximum atomic E-state index is 12.4. The smallest absolute Gasteiger partial charge is 0.348 e. The molecule has 0 unspecified atom stereocenters. The lowest BCUT2D eigenvalue weighted by Gasteiger charge is -2.14. The van der Waals surface area contributed by atoms with Gasteiger partial charge in [-0.25, -0.2) is 19.6 Å². The molecule has 33 heavy (non-hydrogen) atoms. The van der Waals surface area contributed by atoms with Gasteiger partial charge in [0.2, 0.25) is 11.8 Å². The summed E-state index contributed by atoms with van der Waals surface area (Å²) < 4.78 is 10.4. The minimum Gasteiger partial charge on any atom is -0.462 e. The van der Waals surface area contributed by atoms with E-state index in [1.54, 1.807) is 13.8 Å². The Kier molecular flexibility index (Phi) is 6.05. The maximum Gasteiger partial charge on any atom is 0.348 e. The van der Waals surface area contributed by atoms with Crippen LogP contribution in [0.25, 0.3) is 10.2 Å². The van der Waals surface area contributed by atoms with Crippen LogP contribution in [0.2, 0.25) is 0 Å². The normalized spacial score (nSPS) is 13.6. The van der Waals surface area contributed by atoms with Gasteiger partial charge in [0.1, 0.15) is 15.5 Å². The molecule has 1 fully saturated rings. The number of nitrogen functional groups attached to an aromatic ring is 1. The van der Waals surface area contributed by atoms with Gasteiger partial charge in [-0.2, -0.15) is 0 Å². The number of carbonyl (C=O) groups excluding carboxylic acids is 4. The highest BCUT2D eigenvalue weighted by molar-refractivity contribution is 7.20. The van der Waals surface area contributed by atoms with Crippen LogP contribution >= 0.6 is 11.3 Å². The molecule has 0 saturated carbocycles. The largest absolute Gasteiger partial charge is 0.462 e. The monoisotopic (exact) mass is 468 g/mol. The molecule has 2 amide bonds. The number of ether oxygens (including phenoxy) is 2. The van der Waals surface area contributed by atoms with Crippen molar-refractivity contribution in [3.63, 3.8) is 0 Å². The molecule has 2 aromatic heterocycles. The number of rotatable bonds is 6. The van der Waals surface area contributed by atoms with Gasteiger partial charge in [0, 0.05) is 12.8 Å². The van der Waals surface area contributed by atoms with Crippen LogP contribution in [-0.4, -0.2) is 40.3 Å². The molecular formula is C22H20N4O6S. The number of amides is 2. The Morgan fingerprint density at radius 2 is 1.73 bits per heavy atom. The van der Waals surface area contributed by atoms with Gasteiger partial charge in [-0.3, -0.25) is 14.5 Å². The number of carbonyl (C=O) groups is 4. The van der Waals surface area contributed by atoms with E-state index >= 15 is 0 Å². The Morgan fingerprint density at radius 3 is 2.36 bits per heavy atom. The lowest BCUT2D eigenvalue weighted by molar-refractivity contribution is -0.121. The average molecular weight is 468 g/mol. The molecule has 3 aromatic rings. The third-order valence-electron chi connectivity index (χ3n) is 5.07. The Balaban J connectivity index is 1.48. The van der Waals surface area contributed by atoms with Gasteiger partial charge in [0.05, 0.1) is 23.2 Å². The molecule has 1 aromatic carbocycles. The summed E-state index contributed by atoms with van der Waals surface area (Å²) in [7, 11) is 0. The second-order valence-electron chi connectivity index (χ2n) is 7.23. The van der Waals surface area contributed by atoms with Crippen molar-refractivity contribution >= 4 is 56.8 Å². The number of aryl methyl sites for hydroxylation is 1. The molecule has 3 heterocycles. The lowest BCUT2D eigenvalue weighted by atomic mass is 10.2. The number of imide groups is 1. The van der Waals surface area contributed by atoms with Gasteiger partial charge in [0.25, 0.3) is 0 Å². The molecule has 4 rings (SSSR count). The van der Waals surface area contributed by atoms with Crippen LogP contribution in [0.3, 0.4) is 0 Å². The molecule has 0 aliphatic carbocycles. The van der Waals surface area contributed by atoms with Crippen molar-refractivity contribution in [2.45, 2.75) is 33.3 Å². The van der Waals surface area contributed by atoms with E-state index in [-0.39, 0.29) is 55.1 Å². The van der Waals surface area contributed by atoms with Gasteiger partial charge in [-0.1, -0.05) is 0 Å². The topological polar surface area (TPSA) is 142 Å². The zero-order valence-corrected chi connectivity index (χ0v) is 18.7. The highest BCUT2D eigenvalue weighted by Gasteiger charge is 2.30. The van der Waals surface area contributed by atoms with Crippen molar-refractivity contribution < 1.29 is 28.7 Å². The summed E-state index contributed by atoms with van der Waals surface area (Å²) in [6.07, 6.45) is 0.363. The molecule has 1 saturated heterocycles. The minimum absolute atomic E-state index is 0.180. The fourth-order valence-electron chi connectivity index (χ4n) is 3.50. The van der Waals surface area contributed by atoms with Gasteiger partial charge < -0.3 is 15.2 Å². The molecule has 11 heteroatoms. The maximum absolute atomic E-state index is 12.4. The summed E-state index contributed by atoms with van der Waals surface area (Å²) in [6.45, 7) is 3.49.